The lowest BCUT2D eigenvalue weighted by Gasteiger charge is -2.19. The number of pyridine rings is 1. The number of methoxy groups -OCH3 is 3. The summed E-state index contributed by atoms with van der Waals surface area (Å²) >= 11 is 0. The minimum atomic E-state index is -0.823. The summed E-state index contributed by atoms with van der Waals surface area (Å²) in [5, 5.41) is 10.8. The second-order valence-corrected chi connectivity index (χ2v) is 5.67. The van der Waals surface area contributed by atoms with Crippen LogP contribution in [0, 0.1) is 0 Å². The number of rotatable bonds is 6. The molecule has 0 saturated carbocycles. The Balaban J connectivity index is 2.88. The quantitative estimate of drug-likeness (QED) is 0.819. The Morgan fingerprint density at radius 1 is 1.25 bits per heavy atom. The minimum Gasteiger partial charge on any atom is -0.497 e. The summed E-state index contributed by atoms with van der Waals surface area (Å²) in [6, 6.07) is 3.50. The van der Waals surface area contributed by atoms with Crippen LogP contribution in [0.3, 0.4) is 0 Å². The van der Waals surface area contributed by atoms with Gasteiger partial charge in [0.2, 0.25) is 0 Å². The molecule has 0 amide bonds. The predicted octanol–water partition coefficient (Wildman–Crippen LogP) is 2.04. The van der Waals surface area contributed by atoms with E-state index in [0.29, 0.717) is 39.3 Å². The van der Waals surface area contributed by atoms with Gasteiger partial charge in [-0.1, -0.05) is 12.2 Å². The Labute approximate surface area is 140 Å². The van der Waals surface area contributed by atoms with Crippen LogP contribution in [0.2, 0.25) is 0 Å². The van der Waals surface area contributed by atoms with Gasteiger partial charge in [-0.2, -0.15) is 0 Å². The highest BCUT2D eigenvalue weighted by Crippen LogP contribution is 2.37. The van der Waals surface area contributed by atoms with Gasteiger partial charge in [-0.15, -0.1) is 0 Å². The molecule has 1 aromatic heterocycles. The highest BCUT2D eigenvalue weighted by Gasteiger charge is 2.22. The molecule has 6 nitrogen and oxygen atoms in total. The zero-order chi connectivity index (χ0) is 18.0. The van der Waals surface area contributed by atoms with E-state index in [9.17, 15) is 9.90 Å². The number of ether oxygens (including phenoxy) is 3. The van der Waals surface area contributed by atoms with Crippen molar-refractivity contribution in [3.8, 4) is 17.2 Å². The van der Waals surface area contributed by atoms with Crippen LogP contribution in [0.25, 0.3) is 10.9 Å². The number of benzene rings is 1. The smallest absolute Gasteiger partial charge is 0.257 e. The number of nitrogens with zero attached hydrogens (tertiary/aromatic N) is 1. The lowest BCUT2D eigenvalue weighted by atomic mass is 10.0. The molecule has 0 radical (unpaired) electrons. The molecule has 1 aromatic carbocycles. The van der Waals surface area contributed by atoms with Crippen LogP contribution in [-0.4, -0.2) is 37.1 Å². The molecule has 0 spiro atoms. The van der Waals surface area contributed by atoms with Crippen molar-refractivity contribution in [3.05, 3.63) is 40.2 Å². The molecule has 6 heteroatoms. The summed E-state index contributed by atoms with van der Waals surface area (Å²) in [4.78, 5) is 12.8. The summed E-state index contributed by atoms with van der Waals surface area (Å²) in [7, 11) is 6.25. The second kappa shape index (κ2) is 6.97. The van der Waals surface area contributed by atoms with E-state index < -0.39 is 6.10 Å². The third-order valence-corrected chi connectivity index (χ3v) is 4.09. The molecule has 1 atom stereocenters. The molecule has 1 N–H and O–H groups in total. The Bertz CT molecular complexity index is 838. The fourth-order valence-corrected chi connectivity index (χ4v) is 2.72. The number of aryl methyl sites for hydroxylation is 1. The van der Waals surface area contributed by atoms with Gasteiger partial charge in [-0.3, -0.25) is 4.79 Å². The Hall–Kier alpha value is -2.47. The van der Waals surface area contributed by atoms with Crippen molar-refractivity contribution in [2.24, 2.45) is 7.05 Å². The number of hydrogen-bond acceptors (Lipinski definition) is 5. The lowest BCUT2D eigenvalue weighted by molar-refractivity contribution is 0.210. The SMILES string of the molecule is C=C(C)[C@H](O)Cc1c(OC)c2cc(OC)cc(OC)c2n(C)c1=O. The average Bonchev–Trinajstić information content (AvgIpc) is 2.58. The summed E-state index contributed by atoms with van der Waals surface area (Å²) in [6.07, 6.45) is -0.697. The molecule has 0 saturated heterocycles. The van der Waals surface area contributed by atoms with Crippen molar-refractivity contribution >= 4 is 10.9 Å². The number of aliphatic hydroxyl groups is 1. The highest BCUT2D eigenvalue weighted by atomic mass is 16.5. The van der Waals surface area contributed by atoms with E-state index in [4.69, 9.17) is 14.2 Å². The molecule has 2 rings (SSSR count). The van der Waals surface area contributed by atoms with Gasteiger partial charge in [0.05, 0.1) is 38.5 Å². The molecule has 1 heterocycles. The van der Waals surface area contributed by atoms with E-state index in [2.05, 4.69) is 6.58 Å². The number of aliphatic hydroxyl groups excluding tert-OH is 1. The topological polar surface area (TPSA) is 69.9 Å². The van der Waals surface area contributed by atoms with Gasteiger partial charge in [0, 0.05) is 24.9 Å². The highest BCUT2D eigenvalue weighted by molar-refractivity contribution is 5.92. The van der Waals surface area contributed by atoms with Gasteiger partial charge in [-0.25, -0.2) is 0 Å². The van der Waals surface area contributed by atoms with Crippen molar-refractivity contribution in [2.45, 2.75) is 19.4 Å². The summed E-state index contributed by atoms with van der Waals surface area (Å²) in [6.45, 7) is 5.45. The maximum atomic E-state index is 12.8. The molecule has 0 fully saturated rings. The third kappa shape index (κ3) is 2.97. The molecule has 2 aromatic rings. The first-order valence-corrected chi connectivity index (χ1v) is 7.50. The molecular weight excluding hydrogens is 310 g/mol. The van der Waals surface area contributed by atoms with Gasteiger partial charge in [0.25, 0.3) is 5.56 Å². The zero-order valence-electron chi connectivity index (χ0n) is 14.7. The largest absolute Gasteiger partial charge is 0.497 e. The van der Waals surface area contributed by atoms with Gasteiger partial charge in [0.15, 0.2) is 0 Å². The van der Waals surface area contributed by atoms with Crippen LogP contribution in [0.15, 0.2) is 29.1 Å². The maximum absolute atomic E-state index is 12.8. The lowest BCUT2D eigenvalue weighted by Crippen LogP contribution is -2.26. The monoisotopic (exact) mass is 333 g/mol. The van der Waals surface area contributed by atoms with Crippen LogP contribution >= 0.6 is 0 Å². The van der Waals surface area contributed by atoms with Crippen molar-refractivity contribution in [1.82, 2.24) is 4.57 Å². The molecule has 0 aliphatic rings. The minimum absolute atomic E-state index is 0.126. The Kier molecular flexibility index (Phi) is 5.19. The van der Waals surface area contributed by atoms with E-state index in [1.165, 1.54) is 18.8 Å². The number of fused-ring (bicyclic) bond motifs is 1. The molecule has 0 bridgehead atoms. The van der Waals surface area contributed by atoms with Crippen LogP contribution < -0.4 is 19.8 Å². The summed E-state index contributed by atoms with van der Waals surface area (Å²) in [5.74, 6) is 1.50. The van der Waals surface area contributed by atoms with Crippen molar-refractivity contribution in [1.29, 1.82) is 0 Å². The van der Waals surface area contributed by atoms with Crippen LogP contribution in [-0.2, 0) is 13.5 Å². The standard InChI is InChI=1S/C18H23NO5/c1-10(2)14(20)9-13-17(24-6)12-7-11(22-4)8-15(23-5)16(12)19(3)18(13)21/h7-8,14,20H,1,9H2,2-6H3/t14-/m1/s1. The Morgan fingerprint density at radius 2 is 1.92 bits per heavy atom. The maximum Gasteiger partial charge on any atom is 0.257 e. The third-order valence-electron chi connectivity index (χ3n) is 4.09. The van der Waals surface area contributed by atoms with E-state index in [1.807, 2.05) is 0 Å². The van der Waals surface area contributed by atoms with E-state index in [1.54, 1.807) is 33.2 Å². The van der Waals surface area contributed by atoms with Crippen LogP contribution in [0.4, 0.5) is 0 Å². The molecular formula is C18H23NO5. The second-order valence-electron chi connectivity index (χ2n) is 5.67. The number of aromatic nitrogens is 1. The van der Waals surface area contributed by atoms with Crippen LogP contribution in [0.1, 0.15) is 12.5 Å². The fourth-order valence-electron chi connectivity index (χ4n) is 2.72. The normalized spacial score (nSPS) is 12.1. The molecule has 130 valence electrons. The van der Waals surface area contributed by atoms with E-state index in [-0.39, 0.29) is 12.0 Å². The summed E-state index contributed by atoms with van der Waals surface area (Å²) < 4.78 is 17.7. The summed E-state index contributed by atoms with van der Waals surface area (Å²) in [5.41, 5.74) is 1.33. The number of hydrogen-bond donors (Lipinski definition) is 1. The first-order valence-electron chi connectivity index (χ1n) is 7.50. The predicted molar refractivity (Wildman–Crippen MR) is 93.4 cm³/mol. The molecule has 0 aliphatic heterocycles. The average molecular weight is 333 g/mol. The molecule has 0 unspecified atom stereocenters. The molecule has 24 heavy (non-hydrogen) atoms. The van der Waals surface area contributed by atoms with Crippen LogP contribution in [0.5, 0.6) is 17.2 Å². The molecule has 0 aliphatic carbocycles. The first kappa shape index (κ1) is 17.9. The first-order chi connectivity index (χ1) is 11.3. The van der Waals surface area contributed by atoms with Gasteiger partial charge in [0.1, 0.15) is 17.2 Å². The zero-order valence-corrected chi connectivity index (χ0v) is 14.7. The van der Waals surface area contributed by atoms with E-state index in [0.717, 1.165) is 0 Å². The van der Waals surface area contributed by atoms with Gasteiger partial charge in [-0.05, 0) is 13.0 Å². The fraction of sp³-hybridized carbons (Fsp3) is 0.389. The van der Waals surface area contributed by atoms with Gasteiger partial charge < -0.3 is 23.9 Å². The van der Waals surface area contributed by atoms with Crippen molar-refractivity contribution in [3.63, 3.8) is 0 Å². The van der Waals surface area contributed by atoms with Crippen molar-refractivity contribution < 1.29 is 19.3 Å². The Morgan fingerprint density at radius 3 is 2.42 bits per heavy atom. The van der Waals surface area contributed by atoms with Gasteiger partial charge >= 0.3 is 0 Å². The van der Waals surface area contributed by atoms with Crippen molar-refractivity contribution in [2.75, 3.05) is 21.3 Å². The van der Waals surface area contributed by atoms with E-state index >= 15 is 0 Å².